The van der Waals surface area contributed by atoms with Crippen molar-refractivity contribution in [3.05, 3.63) is 52.2 Å². The smallest absolute Gasteiger partial charge is 0.241 e. The number of carbonyl (C=O) groups is 1. The van der Waals surface area contributed by atoms with E-state index in [1.807, 2.05) is 32.2 Å². The molecule has 0 aliphatic carbocycles. The number of hydrogen-bond donors (Lipinski definition) is 1. The normalized spacial score (nSPS) is 12.6. The quantitative estimate of drug-likeness (QED) is 0.860. The molecule has 0 bridgehead atoms. The van der Waals surface area contributed by atoms with Gasteiger partial charge in [-0.05, 0) is 49.0 Å². The van der Waals surface area contributed by atoms with E-state index in [9.17, 15) is 4.79 Å². The molecule has 22 heavy (non-hydrogen) atoms. The van der Waals surface area contributed by atoms with Gasteiger partial charge in [0.15, 0.2) is 0 Å². The first-order valence-electron chi connectivity index (χ1n) is 7.61. The first-order valence-corrected chi connectivity index (χ1v) is 8.48. The summed E-state index contributed by atoms with van der Waals surface area (Å²) in [7, 11) is 1.98. The Balaban J connectivity index is 1.92. The van der Waals surface area contributed by atoms with E-state index in [2.05, 4.69) is 47.6 Å². The van der Waals surface area contributed by atoms with Crippen molar-refractivity contribution in [1.82, 2.24) is 4.90 Å². The lowest BCUT2D eigenvalue weighted by atomic mass is 10.0. The third kappa shape index (κ3) is 4.42. The van der Waals surface area contributed by atoms with Gasteiger partial charge in [0, 0.05) is 17.1 Å². The first-order chi connectivity index (χ1) is 10.5. The largest absolute Gasteiger partial charge is 0.325 e. The van der Waals surface area contributed by atoms with Crippen LogP contribution in [0.15, 0.2) is 41.8 Å². The van der Waals surface area contributed by atoms with Crippen molar-refractivity contribution in [2.75, 3.05) is 12.4 Å². The molecule has 118 valence electrons. The highest BCUT2D eigenvalue weighted by atomic mass is 32.1. The molecule has 0 aliphatic rings. The lowest BCUT2D eigenvalue weighted by molar-refractivity contribution is -0.120. The maximum atomic E-state index is 12.4. The van der Waals surface area contributed by atoms with Gasteiger partial charge in [-0.25, -0.2) is 0 Å². The van der Waals surface area contributed by atoms with Crippen LogP contribution in [-0.4, -0.2) is 23.9 Å². The fourth-order valence-corrected chi connectivity index (χ4v) is 2.95. The minimum absolute atomic E-state index is 0.0244. The molecule has 0 spiro atoms. The number of rotatable bonds is 6. The van der Waals surface area contributed by atoms with Crippen LogP contribution in [-0.2, 0) is 11.3 Å². The number of benzene rings is 1. The van der Waals surface area contributed by atoms with Gasteiger partial charge in [-0.15, -0.1) is 11.3 Å². The molecule has 0 fully saturated rings. The standard InChI is InChI=1S/C18H24N2OS/c1-13(2)15-7-9-16(10-8-15)19-18(21)14(3)20(4)12-17-6-5-11-22-17/h5-11,13-14H,12H2,1-4H3,(H,19,21)/t14-/m0/s1. The maximum Gasteiger partial charge on any atom is 0.241 e. The van der Waals surface area contributed by atoms with Gasteiger partial charge in [0.1, 0.15) is 0 Å². The number of anilines is 1. The minimum atomic E-state index is -0.174. The Kier molecular flexibility index (Phi) is 5.75. The van der Waals surface area contributed by atoms with Gasteiger partial charge in [0.2, 0.25) is 5.91 Å². The van der Waals surface area contributed by atoms with Gasteiger partial charge in [0.05, 0.1) is 6.04 Å². The Labute approximate surface area is 137 Å². The van der Waals surface area contributed by atoms with E-state index in [-0.39, 0.29) is 11.9 Å². The highest BCUT2D eigenvalue weighted by Gasteiger charge is 2.18. The number of likely N-dealkylation sites (N-methyl/N-ethyl adjacent to an activating group) is 1. The van der Waals surface area contributed by atoms with Crippen LogP contribution in [0.2, 0.25) is 0 Å². The summed E-state index contributed by atoms with van der Waals surface area (Å²) in [5.74, 6) is 0.525. The third-order valence-electron chi connectivity index (χ3n) is 3.87. The summed E-state index contributed by atoms with van der Waals surface area (Å²) in [5.41, 5.74) is 2.13. The number of hydrogen-bond acceptors (Lipinski definition) is 3. The second-order valence-corrected chi connectivity index (χ2v) is 6.97. The summed E-state index contributed by atoms with van der Waals surface area (Å²) < 4.78 is 0. The van der Waals surface area contributed by atoms with E-state index in [4.69, 9.17) is 0 Å². The first kappa shape index (κ1) is 16.7. The Morgan fingerprint density at radius 1 is 1.18 bits per heavy atom. The van der Waals surface area contributed by atoms with Crippen LogP contribution in [0, 0.1) is 0 Å². The van der Waals surface area contributed by atoms with Gasteiger partial charge in [0.25, 0.3) is 0 Å². The molecule has 1 amide bonds. The van der Waals surface area contributed by atoms with Crippen LogP contribution in [0.4, 0.5) is 5.69 Å². The zero-order valence-corrected chi connectivity index (χ0v) is 14.5. The third-order valence-corrected chi connectivity index (χ3v) is 4.73. The van der Waals surface area contributed by atoms with E-state index in [0.29, 0.717) is 5.92 Å². The molecular weight excluding hydrogens is 292 g/mol. The van der Waals surface area contributed by atoms with Gasteiger partial charge in [-0.2, -0.15) is 0 Å². The summed E-state index contributed by atoms with van der Waals surface area (Å²) in [6.45, 7) is 7.05. The van der Waals surface area contributed by atoms with Crippen LogP contribution < -0.4 is 5.32 Å². The number of nitrogens with one attached hydrogen (secondary N) is 1. The van der Waals surface area contributed by atoms with E-state index >= 15 is 0 Å². The predicted molar refractivity (Wildman–Crippen MR) is 94.4 cm³/mol. The average molecular weight is 316 g/mol. The molecule has 1 aromatic heterocycles. The zero-order chi connectivity index (χ0) is 16.1. The van der Waals surface area contributed by atoms with E-state index in [1.54, 1.807) is 11.3 Å². The van der Waals surface area contributed by atoms with Gasteiger partial charge in [-0.1, -0.05) is 32.0 Å². The molecule has 1 heterocycles. The van der Waals surface area contributed by atoms with Gasteiger partial charge < -0.3 is 5.32 Å². The summed E-state index contributed by atoms with van der Waals surface area (Å²) in [6.07, 6.45) is 0. The van der Waals surface area contributed by atoms with Crippen molar-refractivity contribution < 1.29 is 4.79 Å². The lowest BCUT2D eigenvalue weighted by Gasteiger charge is -2.23. The molecule has 0 radical (unpaired) electrons. The van der Waals surface area contributed by atoms with Crippen LogP contribution in [0.5, 0.6) is 0 Å². The van der Waals surface area contributed by atoms with Crippen LogP contribution >= 0.6 is 11.3 Å². The van der Waals surface area contributed by atoms with Gasteiger partial charge in [-0.3, -0.25) is 9.69 Å². The molecular formula is C18H24N2OS. The summed E-state index contributed by atoms with van der Waals surface area (Å²) in [6, 6.07) is 12.0. The molecule has 4 heteroatoms. The van der Waals surface area contributed by atoms with E-state index in [0.717, 1.165) is 12.2 Å². The molecule has 2 rings (SSSR count). The van der Waals surface area contributed by atoms with Crippen molar-refractivity contribution in [2.45, 2.75) is 39.3 Å². The van der Waals surface area contributed by atoms with Gasteiger partial charge >= 0.3 is 0 Å². The average Bonchev–Trinajstić information content (AvgIpc) is 2.99. The molecule has 3 nitrogen and oxygen atoms in total. The van der Waals surface area contributed by atoms with E-state index < -0.39 is 0 Å². The van der Waals surface area contributed by atoms with Crippen molar-refractivity contribution in [3.8, 4) is 0 Å². The van der Waals surface area contributed by atoms with E-state index in [1.165, 1.54) is 10.4 Å². The second-order valence-electron chi connectivity index (χ2n) is 5.94. The number of carbonyl (C=O) groups excluding carboxylic acids is 1. The van der Waals surface area contributed by atoms with Crippen LogP contribution in [0.25, 0.3) is 0 Å². The SMILES string of the molecule is CC(C)c1ccc(NC(=O)[C@H](C)N(C)Cc2cccs2)cc1. The maximum absolute atomic E-state index is 12.4. The molecule has 0 aliphatic heterocycles. The molecule has 0 unspecified atom stereocenters. The van der Waals surface area contributed by atoms with Crippen molar-refractivity contribution in [2.24, 2.45) is 0 Å². The Bertz CT molecular complexity index is 590. The van der Waals surface area contributed by atoms with Crippen molar-refractivity contribution >= 4 is 22.9 Å². The molecule has 0 saturated carbocycles. The monoisotopic (exact) mass is 316 g/mol. The minimum Gasteiger partial charge on any atom is -0.325 e. The fraction of sp³-hybridized carbons (Fsp3) is 0.389. The molecule has 1 N–H and O–H groups in total. The zero-order valence-electron chi connectivity index (χ0n) is 13.7. The number of thiophene rings is 1. The molecule has 2 aromatic rings. The van der Waals surface area contributed by atoms with Crippen molar-refractivity contribution in [1.29, 1.82) is 0 Å². The fourth-order valence-electron chi connectivity index (χ4n) is 2.18. The summed E-state index contributed by atoms with van der Waals surface area (Å²) in [5, 5.41) is 5.05. The number of amides is 1. The second kappa shape index (κ2) is 7.56. The number of nitrogens with zero attached hydrogens (tertiary/aromatic N) is 1. The highest BCUT2D eigenvalue weighted by Crippen LogP contribution is 2.18. The highest BCUT2D eigenvalue weighted by molar-refractivity contribution is 7.09. The molecule has 1 atom stereocenters. The predicted octanol–water partition coefficient (Wildman–Crippen LogP) is 4.33. The summed E-state index contributed by atoms with van der Waals surface area (Å²) >= 11 is 1.72. The molecule has 0 saturated heterocycles. The molecule has 1 aromatic carbocycles. The van der Waals surface area contributed by atoms with Crippen LogP contribution in [0.3, 0.4) is 0 Å². The Morgan fingerprint density at radius 2 is 1.86 bits per heavy atom. The Hall–Kier alpha value is -1.65. The Morgan fingerprint density at radius 3 is 2.41 bits per heavy atom. The van der Waals surface area contributed by atoms with Crippen LogP contribution in [0.1, 0.15) is 37.1 Å². The van der Waals surface area contributed by atoms with Crippen molar-refractivity contribution in [3.63, 3.8) is 0 Å². The lowest BCUT2D eigenvalue weighted by Crippen LogP contribution is -2.39. The summed E-state index contributed by atoms with van der Waals surface area (Å²) in [4.78, 5) is 15.7. The topological polar surface area (TPSA) is 32.3 Å².